The number of hydrogen-bond acceptors (Lipinski definition) is 2. The van der Waals surface area contributed by atoms with E-state index in [-0.39, 0.29) is 0 Å². The van der Waals surface area contributed by atoms with Gasteiger partial charge in [-0.25, -0.2) is 0 Å². The van der Waals surface area contributed by atoms with Gasteiger partial charge in [-0.15, -0.1) is 0 Å². The Morgan fingerprint density at radius 2 is 2.38 bits per heavy atom. The van der Waals surface area contributed by atoms with Crippen LogP contribution in [-0.2, 0) is 0 Å². The molecule has 0 aromatic heterocycles. The highest BCUT2D eigenvalue weighted by Crippen LogP contribution is 1.85. The van der Waals surface area contributed by atoms with Crippen molar-refractivity contribution < 1.29 is 5.21 Å². The molecule has 0 atom stereocenters. The van der Waals surface area contributed by atoms with Crippen LogP contribution in [0.1, 0.15) is 6.92 Å². The van der Waals surface area contributed by atoms with E-state index in [0.717, 1.165) is 5.57 Å². The van der Waals surface area contributed by atoms with Gasteiger partial charge in [0.25, 0.3) is 0 Å². The first-order valence-corrected chi connectivity index (χ1v) is 2.27. The van der Waals surface area contributed by atoms with E-state index < -0.39 is 0 Å². The molecule has 0 bridgehead atoms. The van der Waals surface area contributed by atoms with Gasteiger partial charge in [-0.2, -0.15) is 0 Å². The number of nitrogens with zero attached hydrogens (tertiary/aromatic N) is 1. The first-order valence-electron chi connectivity index (χ1n) is 2.27. The van der Waals surface area contributed by atoms with Gasteiger partial charge < -0.3 is 5.21 Å². The fourth-order valence-electron chi connectivity index (χ4n) is 0.246. The third-order valence-corrected chi connectivity index (χ3v) is 0.533. The molecule has 0 aliphatic heterocycles. The number of hydrogen-bond donors (Lipinski definition) is 1. The van der Waals surface area contributed by atoms with Crippen LogP contribution < -0.4 is 0 Å². The van der Waals surface area contributed by atoms with Gasteiger partial charge in [0.2, 0.25) is 0 Å². The topological polar surface area (TPSA) is 32.6 Å². The minimum Gasteiger partial charge on any atom is -0.411 e. The highest BCUT2D eigenvalue weighted by molar-refractivity contribution is 5.70. The molecular weight excluding hydrogens is 102 g/mol. The Kier molecular flexibility index (Phi) is 3.58. The van der Waals surface area contributed by atoms with Crippen molar-refractivity contribution in [2.75, 3.05) is 0 Å². The lowest BCUT2D eigenvalue weighted by atomic mass is 10.3. The third-order valence-electron chi connectivity index (χ3n) is 0.533. The molecule has 0 unspecified atom stereocenters. The summed E-state index contributed by atoms with van der Waals surface area (Å²) < 4.78 is 0. The second-order valence-corrected chi connectivity index (χ2v) is 1.47. The molecule has 8 heavy (non-hydrogen) atoms. The largest absolute Gasteiger partial charge is 0.411 e. The molecule has 0 spiro atoms. The molecule has 0 rings (SSSR count). The Morgan fingerprint density at radius 3 is 2.75 bits per heavy atom. The molecule has 0 saturated heterocycles. The summed E-state index contributed by atoms with van der Waals surface area (Å²) in [6.07, 6.45) is 4.65. The molecule has 1 N–H and O–H groups in total. The molecule has 0 aliphatic carbocycles. The van der Waals surface area contributed by atoms with Crippen molar-refractivity contribution in [3.8, 4) is 0 Å². The Hall–Kier alpha value is -1.05. The highest BCUT2D eigenvalue weighted by Gasteiger charge is 1.67. The number of oxime groups is 1. The van der Waals surface area contributed by atoms with Crippen LogP contribution in [-0.4, -0.2) is 11.4 Å². The lowest BCUT2D eigenvalue weighted by molar-refractivity contribution is 0.322. The van der Waals surface area contributed by atoms with E-state index >= 15 is 0 Å². The van der Waals surface area contributed by atoms with Crippen LogP contribution in [0.2, 0.25) is 0 Å². The normalized spacial score (nSPS) is 11.1. The quantitative estimate of drug-likeness (QED) is 0.249. The minimum atomic E-state index is 0.935. The average Bonchev–Trinajstić information content (AvgIpc) is 1.66. The Labute approximate surface area is 48.8 Å². The number of allylic oxidation sites excluding steroid dienone is 3. The van der Waals surface area contributed by atoms with E-state index in [1.54, 1.807) is 12.2 Å². The monoisotopic (exact) mass is 111 g/mol. The average molecular weight is 111 g/mol. The van der Waals surface area contributed by atoms with Crippen LogP contribution in [0.5, 0.6) is 0 Å². The minimum absolute atomic E-state index is 0.935. The SMILES string of the molecule is C=C(C)/C=C\C=N\O. The van der Waals surface area contributed by atoms with Crippen molar-refractivity contribution >= 4 is 6.21 Å². The summed E-state index contributed by atoms with van der Waals surface area (Å²) in [5, 5.41) is 10.6. The highest BCUT2D eigenvalue weighted by atomic mass is 16.4. The van der Waals surface area contributed by atoms with Gasteiger partial charge >= 0.3 is 0 Å². The fourth-order valence-corrected chi connectivity index (χ4v) is 0.246. The van der Waals surface area contributed by atoms with E-state index in [1.807, 2.05) is 6.92 Å². The lowest BCUT2D eigenvalue weighted by Gasteiger charge is -1.77. The van der Waals surface area contributed by atoms with Gasteiger partial charge in [-0.3, -0.25) is 0 Å². The van der Waals surface area contributed by atoms with Crippen molar-refractivity contribution in [2.24, 2.45) is 5.16 Å². The zero-order chi connectivity index (χ0) is 6.41. The van der Waals surface area contributed by atoms with Gasteiger partial charge in [0.15, 0.2) is 0 Å². The molecule has 0 radical (unpaired) electrons. The second-order valence-electron chi connectivity index (χ2n) is 1.47. The van der Waals surface area contributed by atoms with Crippen molar-refractivity contribution in [1.82, 2.24) is 0 Å². The first kappa shape index (κ1) is 6.95. The molecule has 0 aromatic carbocycles. The van der Waals surface area contributed by atoms with Gasteiger partial charge in [-0.1, -0.05) is 23.4 Å². The first-order chi connectivity index (χ1) is 3.77. The smallest absolute Gasteiger partial charge is 0.0661 e. The predicted molar refractivity (Wildman–Crippen MR) is 34.2 cm³/mol. The second kappa shape index (κ2) is 4.12. The van der Waals surface area contributed by atoms with E-state index in [4.69, 9.17) is 5.21 Å². The summed E-state index contributed by atoms with van der Waals surface area (Å²) in [6.45, 7) is 5.46. The summed E-state index contributed by atoms with van der Waals surface area (Å²) >= 11 is 0. The van der Waals surface area contributed by atoms with Crippen LogP contribution in [0, 0.1) is 0 Å². The zero-order valence-corrected chi connectivity index (χ0v) is 4.83. The summed E-state index contributed by atoms with van der Waals surface area (Å²) in [5.41, 5.74) is 0.935. The van der Waals surface area contributed by atoms with Gasteiger partial charge in [0.05, 0.1) is 6.21 Å². The van der Waals surface area contributed by atoms with Gasteiger partial charge in [0, 0.05) is 0 Å². The van der Waals surface area contributed by atoms with Gasteiger partial charge in [0.1, 0.15) is 0 Å². The summed E-state index contributed by atoms with van der Waals surface area (Å²) in [4.78, 5) is 0. The Bertz CT molecular complexity index is 124. The van der Waals surface area contributed by atoms with Crippen LogP contribution in [0.25, 0.3) is 0 Å². The van der Waals surface area contributed by atoms with Crippen molar-refractivity contribution in [3.05, 3.63) is 24.3 Å². The zero-order valence-electron chi connectivity index (χ0n) is 4.83. The maximum absolute atomic E-state index is 7.87. The molecule has 0 fully saturated rings. The molecule has 2 heteroatoms. The summed E-state index contributed by atoms with van der Waals surface area (Å²) in [5.74, 6) is 0. The summed E-state index contributed by atoms with van der Waals surface area (Å²) in [6, 6.07) is 0. The van der Waals surface area contributed by atoms with Crippen molar-refractivity contribution in [1.29, 1.82) is 0 Å². The molecule has 0 heterocycles. The van der Waals surface area contributed by atoms with Crippen molar-refractivity contribution in [3.63, 3.8) is 0 Å². The maximum atomic E-state index is 7.87. The van der Waals surface area contributed by atoms with Gasteiger partial charge in [-0.05, 0) is 13.0 Å². The van der Waals surface area contributed by atoms with Crippen LogP contribution in [0.15, 0.2) is 29.5 Å². The van der Waals surface area contributed by atoms with E-state index in [1.165, 1.54) is 6.21 Å². The third kappa shape index (κ3) is 4.95. The molecule has 44 valence electrons. The standard InChI is InChI=1S/C6H9NO/c1-6(2)4-3-5-7-8/h3-5,8H,1H2,2H3/b4-3-,7-5+. The fraction of sp³-hybridized carbons (Fsp3) is 0.167. The summed E-state index contributed by atoms with van der Waals surface area (Å²) in [7, 11) is 0. The molecule has 0 saturated carbocycles. The molecular formula is C6H9NO. The molecule has 2 nitrogen and oxygen atoms in total. The predicted octanol–water partition coefficient (Wildman–Crippen LogP) is 1.58. The lowest BCUT2D eigenvalue weighted by Crippen LogP contribution is -1.64. The maximum Gasteiger partial charge on any atom is 0.0661 e. The van der Waals surface area contributed by atoms with E-state index in [0.29, 0.717) is 0 Å². The molecule has 0 aromatic rings. The Morgan fingerprint density at radius 1 is 1.75 bits per heavy atom. The van der Waals surface area contributed by atoms with E-state index in [9.17, 15) is 0 Å². The van der Waals surface area contributed by atoms with E-state index in [2.05, 4.69) is 11.7 Å². The molecule has 0 aliphatic rings. The Balaban J connectivity index is 3.50. The van der Waals surface area contributed by atoms with Crippen LogP contribution >= 0.6 is 0 Å². The van der Waals surface area contributed by atoms with Crippen molar-refractivity contribution in [2.45, 2.75) is 6.92 Å². The number of rotatable bonds is 2. The molecule has 0 amide bonds. The van der Waals surface area contributed by atoms with Crippen LogP contribution in [0.3, 0.4) is 0 Å². The van der Waals surface area contributed by atoms with Crippen LogP contribution in [0.4, 0.5) is 0 Å².